The number of rotatable bonds is 9. The highest BCUT2D eigenvalue weighted by Crippen LogP contribution is 2.15. The lowest BCUT2D eigenvalue weighted by molar-refractivity contribution is -0.143. The molecule has 0 aliphatic rings. The number of amides is 3. The van der Waals surface area contributed by atoms with E-state index < -0.39 is 0 Å². The van der Waals surface area contributed by atoms with Crippen LogP contribution in [0.4, 0.5) is 16.2 Å². The molecule has 0 unspecified atom stereocenters. The third-order valence-corrected chi connectivity index (χ3v) is 4.70. The fourth-order valence-electron chi connectivity index (χ4n) is 3.12. The van der Waals surface area contributed by atoms with Crippen molar-refractivity contribution >= 4 is 29.3 Å². The van der Waals surface area contributed by atoms with Gasteiger partial charge >= 0.3 is 12.0 Å². The lowest BCUT2D eigenvalue weighted by Gasteiger charge is -2.22. The Hall–Kier alpha value is -4.20. The van der Waals surface area contributed by atoms with E-state index in [-0.39, 0.29) is 30.9 Å². The Morgan fingerprint density at radius 3 is 2.24 bits per heavy atom. The molecule has 3 rings (SSSR count). The number of hydrogen-bond donors (Lipinski definition) is 2. The summed E-state index contributed by atoms with van der Waals surface area (Å²) in [5, 5.41) is 5.47. The summed E-state index contributed by atoms with van der Waals surface area (Å²) in [6.45, 7) is 2.56. The van der Waals surface area contributed by atoms with Crippen LogP contribution >= 0.6 is 0 Å². The van der Waals surface area contributed by atoms with Crippen molar-refractivity contribution in [3.63, 3.8) is 0 Å². The lowest BCUT2D eigenvalue weighted by Crippen LogP contribution is -2.33. The number of carbonyl (C=O) groups is 3. The van der Waals surface area contributed by atoms with Crippen molar-refractivity contribution in [1.29, 1.82) is 0 Å². The summed E-state index contributed by atoms with van der Waals surface area (Å²) in [7, 11) is 0. The fraction of sp³-hybridized carbons (Fsp3) is 0.200. The summed E-state index contributed by atoms with van der Waals surface area (Å²) >= 11 is 0. The first-order valence-electron chi connectivity index (χ1n) is 10.6. The predicted octanol–water partition coefficient (Wildman–Crippen LogP) is 4.32. The maximum atomic E-state index is 13.1. The molecule has 1 aromatic heterocycles. The van der Waals surface area contributed by atoms with Gasteiger partial charge in [0.15, 0.2) is 0 Å². The highest BCUT2D eigenvalue weighted by molar-refractivity contribution is 6.00. The molecule has 3 aromatic rings. The smallest absolute Gasteiger partial charge is 0.323 e. The molecule has 33 heavy (non-hydrogen) atoms. The molecule has 8 nitrogen and oxygen atoms in total. The number of pyridine rings is 1. The van der Waals surface area contributed by atoms with Crippen molar-refractivity contribution in [2.45, 2.75) is 19.9 Å². The Bertz CT molecular complexity index is 1060. The molecular formula is C25H26N4O4. The number of benzene rings is 2. The van der Waals surface area contributed by atoms with Crippen LogP contribution in [0, 0.1) is 0 Å². The number of urea groups is 1. The number of nitrogens with zero attached hydrogens (tertiary/aromatic N) is 2. The molecule has 0 saturated carbocycles. The van der Waals surface area contributed by atoms with E-state index in [9.17, 15) is 14.4 Å². The topological polar surface area (TPSA) is 101 Å². The van der Waals surface area contributed by atoms with Crippen LogP contribution in [0.1, 0.15) is 29.3 Å². The maximum absolute atomic E-state index is 13.1. The van der Waals surface area contributed by atoms with E-state index in [1.165, 1.54) is 0 Å². The van der Waals surface area contributed by atoms with Crippen molar-refractivity contribution in [2.75, 3.05) is 23.8 Å². The normalized spacial score (nSPS) is 10.2. The van der Waals surface area contributed by atoms with Gasteiger partial charge in [0.1, 0.15) is 0 Å². The number of ether oxygens (including phenoxy) is 1. The van der Waals surface area contributed by atoms with Crippen LogP contribution in [0.25, 0.3) is 0 Å². The van der Waals surface area contributed by atoms with E-state index >= 15 is 0 Å². The van der Waals surface area contributed by atoms with Crippen LogP contribution in [0.15, 0.2) is 79.1 Å². The Kier molecular flexibility index (Phi) is 8.53. The van der Waals surface area contributed by atoms with Gasteiger partial charge in [-0.25, -0.2) is 4.79 Å². The summed E-state index contributed by atoms with van der Waals surface area (Å²) in [5.74, 6) is -0.589. The Morgan fingerprint density at radius 1 is 0.909 bits per heavy atom. The molecule has 170 valence electrons. The Balaban J connectivity index is 1.65. The molecule has 1 heterocycles. The van der Waals surface area contributed by atoms with E-state index in [4.69, 9.17) is 4.74 Å². The summed E-state index contributed by atoms with van der Waals surface area (Å²) in [5.41, 5.74) is 2.52. The highest BCUT2D eigenvalue weighted by Gasteiger charge is 2.18. The highest BCUT2D eigenvalue weighted by atomic mass is 16.5. The molecular weight excluding hydrogens is 420 g/mol. The second kappa shape index (κ2) is 12.0. The summed E-state index contributed by atoms with van der Waals surface area (Å²) in [6, 6.07) is 19.0. The van der Waals surface area contributed by atoms with Gasteiger partial charge in [-0.1, -0.05) is 24.3 Å². The SMILES string of the molecule is CCOC(=O)CCN(Cc1cccnc1)C(=O)c1ccc(NC(=O)Nc2ccccc2)cc1. The zero-order chi connectivity index (χ0) is 23.5. The van der Waals surface area contributed by atoms with Gasteiger partial charge in [-0.05, 0) is 55.0 Å². The van der Waals surface area contributed by atoms with Crippen molar-refractivity contribution in [3.8, 4) is 0 Å². The van der Waals surface area contributed by atoms with E-state index in [0.717, 1.165) is 5.56 Å². The van der Waals surface area contributed by atoms with E-state index in [2.05, 4.69) is 15.6 Å². The molecule has 3 amide bonds. The molecule has 8 heteroatoms. The second-order valence-electron chi connectivity index (χ2n) is 7.17. The van der Waals surface area contributed by atoms with E-state index in [0.29, 0.717) is 30.1 Å². The monoisotopic (exact) mass is 446 g/mol. The van der Waals surface area contributed by atoms with Crippen LogP contribution in [0.5, 0.6) is 0 Å². The van der Waals surface area contributed by atoms with Crippen LogP contribution < -0.4 is 10.6 Å². The fourth-order valence-corrected chi connectivity index (χ4v) is 3.12. The van der Waals surface area contributed by atoms with Gasteiger partial charge in [0.2, 0.25) is 0 Å². The molecule has 2 N–H and O–H groups in total. The van der Waals surface area contributed by atoms with Gasteiger partial charge in [-0.15, -0.1) is 0 Å². The van der Waals surface area contributed by atoms with Crippen LogP contribution in [-0.2, 0) is 16.1 Å². The summed E-state index contributed by atoms with van der Waals surface area (Å²) in [6.07, 6.45) is 3.44. The minimum atomic E-state index is -0.382. The van der Waals surface area contributed by atoms with E-state index in [1.807, 2.05) is 24.3 Å². The molecule has 0 fully saturated rings. The second-order valence-corrected chi connectivity index (χ2v) is 7.17. The summed E-state index contributed by atoms with van der Waals surface area (Å²) in [4.78, 5) is 42.8. The van der Waals surface area contributed by atoms with Crippen LogP contribution in [-0.4, -0.2) is 40.9 Å². The lowest BCUT2D eigenvalue weighted by atomic mass is 10.1. The summed E-state index contributed by atoms with van der Waals surface area (Å²) < 4.78 is 4.99. The van der Waals surface area contributed by atoms with Crippen molar-refractivity contribution in [2.24, 2.45) is 0 Å². The zero-order valence-electron chi connectivity index (χ0n) is 18.4. The molecule has 0 spiro atoms. The number of esters is 1. The first-order valence-corrected chi connectivity index (χ1v) is 10.6. The standard InChI is InChI=1S/C25H26N4O4/c1-2-33-23(30)14-16-29(18-19-7-6-15-26-17-19)24(31)20-10-12-22(13-11-20)28-25(32)27-21-8-4-3-5-9-21/h3-13,15,17H,2,14,16,18H2,1H3,(H2,27,28,32). The first kappa shape index (κ1) is 23.5. The minimum Gasteiger partial charge on any atom is -0.466 e. The predicted molar refractivity (Wildman–Crippen MR) is 126 cm³/mol. The first-order chi connectivity index (χ1) is 16.0. The molecule has 0 aliphatic carbocycles. The molecule has 2 aromatic carbocycles. The third-order valence-electron chi connectivity index (χ3n) is 4.70. The zero-order valence-corrected chi connectivity index (χ0v) is 18.4. The van der Waals surface area contributed by atoms with E-state index in [1.54, 1.807) is 66.7 Å². The van der Waals surface area contributed by atoms with Gasteiger partial charge in [0, 0.05) is 42.4 Å². The number of para-hydroxylation sites is 1. The number of nitrogens with one attached hydrogen (secondary N) is 2. The average molecular weight is 447 g/mol. The number of aromatic nitrogens is 1. The van der Waals surface area contributed by atoms with Crippen molar-refractivity contribution < 1.29 is 19.1 Å². The molecule has 0 aliphatic heterocycles. The Morgan fingerprint density at radius 2 is 1.61 bits per heavy atom. The molecule has 0 saturated heterocycles. The van der Waals surface area contributed by atoms with Gasteiger partial charge in [-0.2, -0.15) is 0 Å². The van der Waals surface area contributed by atoms with Gasteiger partial charge in [0.05, 0.1) is 13.0 Å². The largest absolute Gasteiger partial charge is 0.466 e. The van der Waals surface area contributed by atoms with Crippen molar-refractivity contribution in [1.82, 2.24) is 9.88 Å². The quantitative estimate of drug-likeness (QED) is 0.477. The molecule has 0 atom stereocenters. The van der Waals surface area contributed by atoms with Crippen LogP contribution in [0.3, 0.4) is 0 Å². The van der Waals surface area contributed by atoms with Gasteiger partial charge < -0.3 is 20.3 Å². The minimum absolute atomic E-state index is 0.0964. The Labute approximate surface area is 192 Å². The average Bonchev–Trinajstić information content (AvgIpc) is 2.83. The number of anilines is 2. The number of carbonyl (C=O) groups excluding carboxylic acids is 3. The van der Waals surface area contributed by atoms with Gasteiger partial charge in [0.25, 0.3) is 5.91 Å². The van der Waals surface area contributed by atoms with Crippen molar-refractivity contribution in [3.05, 3.63) is 90.3 Å². The molecule has 0 bridgehead atoms. The number of hydrogen-bond acceptors (Lipinski definition) is 5. The molecule has 0 radical (unpaired) electrons. The third kappa shape index (κ3) is 7.46. The maximum Gasteiger partial charge on any atom is 0.323 e. The van der Waals surface area contributed by atoms with Crippen LogP contribution in [0.2, 0.25) is 0 Å². The van der Waals surface area contributed by atoms with Gasteiger partial charge in [-0.3, -0.25) is 14.6 Å².